The topological polar surface area (TPSA) is 79.0 Å². The van der Waals surface area contributed by atoms with Gasteiger partial charge in [0, 0.05) is 26.1 Å². The highest BCUT2D eigenvalue weighted by Crippen LogP contribution is 2.21. The summed E-state index contributed by atoms with van der Waals surface area (Å²) >= 11 is 0. The normalized spacial score (nSPS) is 19.2. The first-order valence-electron chi connectivity index (χ1n) is 9.82. The van der Waals surface area contributed by atoms with E-state index in [1.54, 1.807) is 4.90 Å². The first-order valence-corrected chi connectivity index (χ1v) is 9.82. The maximum absolute atomic E-state index is 13.2. The molecule has 0 saturated carbocycles. The summed E-state index contributed by atoms with van der Waals surface area (Å²) in [5.41, 5.74) is 0.493. The summed E-state index contributed by atoms with van der Waals surface area (Å²) in [7, 11) is 0. The Hall–Kier alpha value is -2.71. The lowest BCUT2D eigenvalue weighted by Gasteiger charge is -2.33. The van der Waals surface area contributed by atoms with E-state index in [9.17, 15) is 23.2 Å². The predicted octanol–water partition coefficient (Wildman–Crippen LogP) is 2.05. The number of ether oxygens (including phenoxy) is 1. The second-order valence-electron chi connectivity index (χ2n) is 7.45. The average molecular weight is 409 g/mol. The lowest BCUT2D eigenvalue weighted by atomic mass is 9.93. The number of piperidine rings is 1. The number of hydrogen-bond acceptors (Lipinski definition) is 4. The number of nitrogens with one attached hydrogen (secondary N) is 1. The van der Waals surface area contributed by atoms with E-state index in [4.69, 9.17) is 4.74 Å². The molecule has 1 atom stereocenters. The van der Waals surface area contributed by atoms with Gasteiger partial charge in [-0.2, -0.15) is 0 Å². The number of amides is 3. The maximum Gasteiger partial charge on any atom is 0.410 e. The van der Waals surface area contributed by atoms with E-state index >= 15 is 0 Å². The summed E-state index contributed by atoms with van der Waals surface area (Å²) in [5, 5.41) is 2.71. The Morgan fingerprint density at radius 2 is 2.03 bits per heavy atom. The largest absolute Gasteiger partial charge is 0.448 e. The van der Waals surface area contributed by atoms with Crippen LogP contribution in [0.5, 0.6) is 0 Å². The highest BCUT2D eigenvalue weighted by atomic mass is 19.2. The Morgan fingerprint density at radius 3 is 2.76 bits per heavy atom. The van der Waals surface area contributed by atoms with Crippen molar-refractivity contribution in [2.75, 3.05) is 32.8 Å². The number of cyclic esters (lactones) is 1. The minimum absolute atomic E-state index is 0.0280. The van der Waals surface area contributed by atoms with Crippen LogP contribution >= 0.6 is 0 Å². The SMILES string of the molecule is O=C(CC[C@@H]1CCCN(C(=O)CN2CCOC2=O)C1)NCc1ccc(F)c(F)c1. The van der Waals surface area contributed by atoms with Gasteiger partial charge < -0.3 is 15.0 Å². The summed E-state index contributed by atoms with van der Waals surface area (Å²) in [6, 6.07) is 3.53. The molecule has 3 amide bonds. The Bertz CT molecular complexity index is 774. The van der Waals surface area contributed by atoms with E-state index in [2.05, 4.69) is 5.32 Å². The van der Waals surface area contributed by atoms with E-state index in [0.717, 1.165) is 25.0 Å². The van der Waals surface area contributed by atoms with Gasteiger partial charge in [0.1, 0.15) is 13.2 Å². The molecule has 1 aromatic carbocycles. The fraction of sp³-hybridized carbons (Fsp3) is 0.550. The van der Waals surface area contributed by atoms with Crippen molar-refractivity contribution in [3.8, 4) is 0 Å². The summed E-state index contributed by atoms with van der Waals surface area (Å²) in [6.45, 7) is 2.13. The maximum atomic E-state index is 13.2. The molecule has 2 aliphatic heterocycles. The first-order chi connectivity index (χ1) is 13.9. The molecule has 0 aliphatic carbocycles. The number of benzene rings is 1. The Balaban J connectivity index is 1.39. The third-order valence-electron chi connectivity index (χ3n) is 5.30. The van der Waals surface area contributed by atoms with Crippen molar-refractivity contribution in [3.63, 3.8) is 0 Å². The van der Waals surface area contributed by atoms with Crippen molar-refractivity contribution in [1.29, 1.82) is 0 Å². The van der Waals surface area contributed by atoms with Gasteiger partial charge >= 0.3 is 6.09 Å². The zero-order valence-electron chi connectivity index (χ0n) is 16.2. The highest BCUT2D eigenvalue weighted by Gasteiger charge is 2.29. The van der Waals surface area contributed by atoms with Crippen LogP contribution in [0.4, 0.5) is 13.6 Å². The molecule has 0 unspecified atom stereocenters. The molecule has 2 fully saturated rings. The zero-order chi connectivity index (χ0) is 20.8. The Morgan fingerprint density at radius 1 is 1.21 bits per heavy atom. The van der Waals surface area contributed by atoms with Crippen molar-refractivity contribution in [1.82, 2.24) is 15.1 Å². The summed E-state index contributed by atoms with van der Waals surface area (Å²) in [5.74, 6) is -1.91. The van der Waals surface area contributed by atoms with Crippen LogP contribution in [0.1, 0.15) is 31.2 Å². The molecule has 0 spiro atoms. The van der Waals surface area contributed by atoms with E-state index in [1.165, 1.54) is 11.0 Å². The second-order valence-corrected chi connectivity index (χ2v) is 7.45. The molecule has 0 aromatic heterocycles. The molecule has 9 heteroatoms. The van der Waals surface area contributed by atoms with Crippen LogP contribution in [-0.4, -0.2) is 60.5 Å². The molecule has 7 nitrogen and oxygen atoms in total. The van der Waals surface area contributed by atoms with Crippen molar-refractivity contribution in [3.05, 3.63) is 35.4 Å². The van der Waals surface area contributed by atoms with Crippen LogP contribution < -0.4 is 5.32 Å². The number of rotatable bonds is 7. The molecule has 3 rings (SSSR count). The Labute approximate surface area is 168 Å². The van der Waals surface area contributed by atoms with Gasteiger partial charge in [0.2, 0.25) is 11.8 Å². The molecule has 1 N–H and O–H groups in total. The van der Waals surface area contributed by atoms with E-state index in [1.807, 2.05) is 0 Å². The molecule has 1 aromatic rings. The fourth-order valence-corrected chi connectivity index (χ4v) is 3.63. The van der Waals surface area contributed by atoms with Crippen molar-refractivity contribution in [2.24, 2.45) is 5.92 Å². The van der Waals surface area contributed by atoms with Crippen LogP contribution in [0.25, 0.3) is 0 Å². The third kappa shape index (κ3) is 5.88. The van der Waals surface area contributed by atoms with Gasteiger partial charge in [-0.05, 0) is 42.9 Å². The molecular formula is C20H25F2N3O4. The number of nitrogens with zero attached hydrogens (tertiary/aromatic N) is 2. The third-order valence-corrected chi connectivity index (χ3v) is 5.30. The number of halogens is 2. The Kier molecular flexibility index (Phi) is 7.00. The fourth-order valence-electron chi connectivity index (χ4n) is 3.63. The minimum Gasteiger partial charge on any atom is -0.448 e. The number of carbonyl (C=O) groups excluding carboxylic acids is 3. The molecule has 2 saturated heterocycles. The lowest BCUT2D eigenvalue weighted by molar-refractivity contribution is -0.133. The van der Waals surface area contributed by atoms with Gasteiger partial charge in [-0.3, -0.25) is 14.5 Å². The summed E-state index contributed by atoms with van der Waals surface area (Å²) < 4.78 is 31.0. The van der Waals surface area contributed by atoms with E-state index in [-0.39, 0.29) is 30.8 Å². The van der Waals surface area contributed by atoms with Gasteiger partial charge in [-0.15, -0.1) is 0 Å². The van der Waals surface area contributed by atoms with Gasteiger partial charge in [0.25, 0.3) is 0 Å². The monoisotopic (exact) mass is 409 g/mol. The van der Waals surface area contributed by atoms with Crippen LogP contribution in [0.2, 0.25) is 0 Å². The van der Waals surface area contributed by atoms with Gasteiger partial charge in [0.15, 0.2) is 11.6 Å². The molecule has 158 valence electrons. The van der Waals surface area contributed by atoms with Crippen molar-refractivity contribution >= 4 is 17.9 Å². The highest BCUT2D eigenvalue weighted by molar-refractivity contribution is 5.83. The number of likely N-dealkylation sites (tertiary alicyclic amines) is 1. The molecular weight excluding hydrogens is 384 g/mol. The van der Waals surface area contributed by atoms with Gasteiger partial charge in [-0.1, -0.05) is 6.07 Å². The minimum atomic E-state index is -0.939. The molecule has 29 heavy (non-hydrogen) atoms. The molecule has 0 radical (unpaired) electrons. The van der Waals surface area contributed by atoms with Crippen LogP contribution in [0.15, 0.2) is 18.2 Å². The van der Waals surface area contributed by atoms with Crippen LogP contribution in [0, 0.1) is 17.6 Å². The zero-order valence-corrected chi connectivity index (χ0v) is 16.2. The molecule has 2 heterocycles. The van der Waals surface area contributed by atoms with E-state index < -0.39 is 17.7 Å². The lowest BCUT2D eigenvalue weighted by Crippen LogP contribution is -2.45. The molecule has 2 aliphatic rings. The summed E-state index contributed by atoms with van der Waals surface area (Å²) in [6.07, 6.45) is 2.28. The molecule has 0 bridgehead atoms. The van der Waals surface area contributed by atoms with E-state index in [0.29, 0.717) is 44.6 Å². The van der Waals surface area contributed by atoms with Crippen LogP contribution in [-0.2, 0) is 20.9 Å². The quantitative estimate of drug-likeness (QED) is 0.748. The standard InChI is InChI=1S/C20H25F2N3O4/c21-16-5-3-15(10-17(16)22)11-23-18(26)6-4-14-2-1-7-24(12-14)19(27)13-25-8-9-29-20(25)28/h3,5,10,14H,1-2,4,6-9,11-13H2,(H,23,26)/t14-/m0/s1. The first kappa shape index (κ1) is 21.0. The van der Waals surface area contributed by atoms with Crippen molar-refractivity contribution in [2.45, 2.75) is 32.2 Å². The average Bonchev–Trinajstić information content (AvgIpc) is 3.12. The number of hydrogen-bond donors (Lipinski definition) is 1. The second kappa shape index (κ2) is 9.67. The summed E-state index contributed by atoms with van der Waals surface area (Å²) in [4.78, 5) is 39.1. The number of carbonyl (C=O) groups is 3. The predicted molar refractivity (Wildman–Crippen MR) is 99.7 cm³/mol. The van der Waals surface area contributed by atoms with Gasteiger partial charge in [0.05, 0.1) is 6.54 Å². The van der Waals surface area contributed by atoms with Crippen molar-refractivity contribution < 1.29 is 27.9 Å². The smallest absolute Gasteiger partial charge is 0.410 e. The van der Waals surface area contributed by atoms with Gasteiger partial charge in [-0.25, -0.2) is 13.6 Å². The van der Waals surface area contributed by atoms with Crippen LogP contribution in [0.3, 0.4) is 0 Å².